The summed E-state index contributed by atoms with van der Waals surface area (Å²) in [5.74, 6) is -2.25. The highest BCUT2D eigenvalue weighted by Crippen LogP contribution is 2.41. The first-order valence-corrected chi connectivity index (χ1v) is 9.58. The van der Waals surface area contributed by atoms with E-state index >= 15 is 0 Å². The molecule has 0 spiro atoms. The summed E-state index contributed by atoms with van der Waals surface area (Å²) in [5.41, 5.74) is 2.07. The van der Waals surface area contributed by atoms with Crippen molar-refractivity contribution in [2.45, 2.75) is 33.6 Å². The Morgan fingerprint density at radius 3 is 2.10 bits per heavy atom. The molecule has 1 aromatic carbocycles. The number of nitrogens with zero attached hydrogens (tertiary/aromatic N) is 2. The highest BCUT2D eigenvalue weighted by Gasteiger charge is 2.44. The molecule has 1 aromatic heterocycles. The molecule has 1 aliphatic rings. The lowest BCUT2D eigenvalue weighted by Gasteiger charge is -2.27. The van der Waals surface area contributed by atoms with Crippen LogP contribution in [0.25, 0.3) is 11.3 Å². The number of aromatic nitrogens is 2. The first-order valence-electron chi connectivity index (χ1n) is 9.58. The van der Waals surface area contributed by atoms with E-state index in [1.54, 1.807) is 58.0 Å². The average molecular weight is 413 g/mol. The number of allylic oxidation sites excluding steroid dienone is 2. The molecule has 3 rings (SSSR count). The fraction of sp³-hybridized carbons (Fsp3) is 0.333. The third-order valence-corrected chi connectivity index (χ3v) is 4.71. The Morgan fingerprint density at radius 1 is 1.07 bits per heavy atom. The van der Waals surface area contributed by atoms with Crippen molar-refractivity contribution in [2.75, 3.05) is 13.2 Å². The van der Waals surface area contributed by atoms with Gasteiger partial charge in [-0.2, -0.15) is 0 Å². The maximum Gasteiger partial charge on any atom is 0.336 e. The molecule has 1 aliphatic heterocycles. The summed E-state index contributed by atoms with van der Waals surface area (Å²) in [6, 6.07) is 8.75. The lowest BCUT2D eigenvalue weighted by molar-refractivity contribution is -0.793. The highest BCUT2D eigenvalue weighted by atomic mass is 16.8. The van der Waals surface area contributed by atoms with Gasteiger partial charge in [0.05, 0.1) is 30.3 Å². The molecule has 158 valence electrons. The van der Waals surface area contributed by atoms with E-state index in [0.717, 1.165) is 0 Å². The molecule has 2 aromatic rings. The van der Waals surface area contributed by atoms with Gasteiger partial charge in [0.25, 0.3) is 0 Å². The predicted molar refractivity (Wildman–Crippen MR) is 105 cm³/mol. The van der Waals surface area contributed by atoms with Crippen molar-refractivity contribution in [3.63, 3.8) is 0 Å². The van der Waals surface area contributed by atoms with Gasteiger partial charge in [0.2, 0.25) is 11.4 Å². The zero-order chi connectivity index (χ0) is 21.8. The fourth-order valence-electron chi connectivity index (χ4n) is 3.52. The van der Waals surface area contributed by atoms with Crippen LogP contribution >= 0.6 is 0 Å². The number of carbonyl (C=O) groups is 2. The molecule has 0 unspecified atom stereocenters. The zero-order valence-corrected chi connectivity index (χ0v) is 17.2. The first kappa shape index (κ1) is 21.1. The second kappa shape index (κ2) is 8.81. The number of benzene rings is 1. The Kier molecular flexibility index (Phi) is 6.20. The summed E-state index contributed by atoms with van der Waals surface area (Å²) in [5, 5.41) is 19.4. The van der Waals surface area contributed by atoms with Crippen LogP contribution < -0.4 is 10.2 Å². The van der Waals surface area contributed by atoms with Gasteiger partial charge in [-0.1, -0.05) is 30.3 Å². The van der Waals surface area contributed by atoms with Crippen molar-refractivity contribution in [1.82, 2.24) is 10.5 Å². The van der Waals surface area contributed by atoms with Crippen LogP contribution in [0.4, 0.5) is 0 Å². The number of rotatable bonds is 6. The Bertz CT molecular complexity index is 983. The van der Waals surface area contributed by atoms with E-state index in [1.807, 2.05) is 0 Å². The minimum atomic E-state index is -1.00. The van der Waals surface area contributed by atoms with Crippen molar-refractivity contribution in [1.29, 1.82) is 0 Å². The highest BCUT2D eigenvalue weighted by molar-refractivity contribution is 6.00. The largest absolute Gasteiger partial charge is 0.463 e. The maximum atomic E-state index is 12.8. The standard InChI is InChI=1S/C21H23N3O6/c1-5-28-20(25)15-12(3)22-13(4)16(21(26)29-6-2)17(15)18-19(24(27)30-23-18)14-10-8-7-9-11-14/h7-11,17,22H,5-6H2,1-4H3. The summed E-state index contributed by atoms with van der Waals surface area (Å²) < 4.78 is 15.3. The normalized spacial score (nSPS) is 14.5. The van der Waals surface area contributed by atoms with E-state index in [9.17, 15) is 14.8 Å². The summed E-state index contributed by atoms with van der Waals surface area (Å²) >= 11 is 0. The third-order valence-electron chi connectivity index (χ3n) is 4.71. The van der Waals surface area contributed by atoms with Crippen molar-refractivity contribution in [2.24, 2.45) is 0 Å². The van der Waals surface area contributed by atoms with Gasteiger partial charge < -0.3 is 20.0 Å². The molecule has 0 amide bonds. The summed E-state index contributed by atoms with van der Waals surface area (Å²) in [6.45, 7) is 7.04. The molecule has 9 heteroatoms. The summed E-state index contributed by atoms with van der Waals surface area (Å²) in [4.78, 5) is 25.9. The Labute approximate surface area is 173 Å². The van der Waals surface area contributed by atoms with Gasteiger partial charge in [0.15, 0.2) is 0 Å². The van der Waals surface area contributed by atoms with E-state index in [0.29, 0.717) is 17.0 Å². The van der Waals surface area contributed by atoms with E-state index < -0.39 is 17.9 Å². The molecule has 0 atom stereocenters. The number of hydrogen-bond donors (Lipinski definition) is 1. The van der Waals surface area contributed by atoms with Crippen LogP contribution in [0.5, 0.6) is 0 Å². The molecule has 0 aliphatic carbocycles. The van der Waals surface area contributed by atoms with Crippen molar-refractivity contribution >= 4 is 11.9 Å². The van der Waals surface area contributed by atoms with Crippen molar-refractivity contribution in [3.8, 4) is 11.3 Å². The van der Waals surface area contributed by atoms with Gasteiger partial charge in [0, 0.05) is 22.1 Å². The third kappa shape index (κ3) is 3.78. The molecule has 0 fully saturated rings. The molecular formula is C21H23N3O6. The molecule has 0 saturated heterocycles. The van der Waals surface area contributed by atoms with Crippen LogP contribution in [0.15, 0.2) is 57.5 Å². The lowest BCUT2D eigenvalue weighted by atomic mass is 9.81. The maximum absolute atomic E-state index is 12.8. The second-order valence-corrected chi connectivity index (χ2v) is 6.61. The Balaban J connectivity index is 2.26. The first-order chi connectivity index (χ1) is 14.4. The number of ether oxygens (including phenoxy) is 2. The topological polar surface area (TPSA) is 118 Å². The minimum absolute atomic E-state index is 0.103. The monoisotopic (exact) mass is 413 g/mol. The quantitative estimate of drug-likeness (QED) is 0.566. The number of hydrogen-bond acceptors (Lipinski definition) is 8. The van der Waals surface area contributed by atoms with Gasteiger partial charge in [0.1, 0.15) is 0 Å². The van der Waals surface area contributed by atoms with Crippen LogP contribution in [-0.2, 0) is 19.1 Å². The molecule has 0 bridgehead atoms. The summed E-state index contributed by atoms with van der Waals surface area (Å²) in [7, 11) is 0. The molecule has 0 radical (unpaired) electrons. The van der Waals surface area contributed by atoms with E-state index in [1.165, 1.54) is 0 Å². The zero-order valence-electron chi connectivity index (χ0n) is 17.2. The van der Waals surface area contributed by atoms with Crippen LogP contribution in [0.2, 0.25) is 0 Å². The molecule has 1 N–H and O–H groups in total. The van der Waals surface area contributed by atoms with E-state index in [4.69, 9.17) is 14.1 Å². The molecule has 30 heavy (non-hydrogen) atoms. The molecule has 0 saturated carbocycles. The van der Waals surface area contributed by atoms with Gasteiger partial charge in [-0.05, 0) is 32.6 Å². The molecule has 9 nitrogen and oxygen atoms in total. The summed E-state index contributed by atoms with van der Waals surface area (Å²) in [6.07, 6.45) is 0. The van der Waals surface area contributed by atoms with Crippen LogP contribution in [0.1, 0.15) is 39.3 Å². The van der Waals surface area contributed by atoms with E-state index in [-0.39, 0.29) is 40.7 Å². The van der Waals surface area contributed by atoms with Gasteiger partial charge in [-0.25, -0.2) is 9.59 Å². The van der Waals surface area contributed by atoms with Gasteiger partial charge in [-0.15, -0.1) is 0 Å². The minimum Gasteiger partial charge on any atom is -0.463 e. The van der Waals surface area contributed by atoms with E-state index in [2.05, 4.69) is 10.5 Å². The number of carbonyl (C=O) groups excluding carboxylic acids is 2. The smallest absolute Gasteiger partial charge is 0.336 e. The number of dihydropyridines is 1. The van der Waals surface area contributed by atoms with Crippen LogP contribution in [0.3, 0.4) is 0 Å². The number of nitrogens with one attached hydrogen (secondary N) is 1. The lowest BCUT2D eigenvalue weighted by Crippen LogP contribution is -2.34. The van der Waals surface area contributed by atoms with Gasteiger partial charge in [-0.3, -0.25) is 4.63 Å². The van der Waals surface area contributed by atoms with Crippen LogP contribution in [0, 0.1) is 5.21 Å². The number of esters is 2. The Hall–Kier alpha value is -3.62. The molecule has 2 heterocycles. The van der Waals surface area contributed by atoms with Crippen LogP contribution in [-0.4, -0.2) is 30.3 Å². The molecular weight excluding hydrogens is 390 g/mol. The SMILES string of the molecule is CCOC(=O)C1=C(C)NC(C)=C(C(=O)OCC)C1c1no[n+]([O-])c1-c1ccccc1. The second-order valence-electron chi connectivity index (χ2n) is 6.61. The Morgan fingerprint density at radius 2 is 1.60 bits per heavy atom. The average Bonchev–Trinajstić information content (AvgIpc) is 3.09. The van der Waals surface area contributed by atoms with Crippen molar-refractivity contribution < 1.29 is 28.6 Å². The fourth-order valence-corrected chi connectivity index (χ4v) is 3.52. The van der Waals surface area contributed by atoms with Crippen molar-refractivity contribution in [3.05, 3.63) is 63.8 Å². The predicted octanol–water partition coefficient (Wildman–Crippen LogP) is 2.34. The van der Waals surface area contributed by atoms with Gasteiger partial charge >= 0.3 is 11.9 Å².